The molecule has 6 aromatic carbocycles. The summed E-state index contributed by atoms with van der Waals surface area (Å²) >= 11 is 0. The Morgan fingerprint density at radius 2 is 0.917 bits per heavy atom. The molecule has 0 amide bonds. The van der Waals surface area contributed by atoms with E-state index in [1.807, 2.05) is 24.3 Å². The van der Waals surface area contributed by atoms with Crippen LogP contribution in [0, 0.1) is 13.8 Å². The number of methoxy groups -OCH3 is 2. The van der Waals surface area contributed by atoms with Gasteiger partial charge in [-0.15, -0.1) is 69.1 Å². The zero-order valence-corrected chi connectivity index (χ0v) is 33.9. The third kappa shape index (κ3) is 11.6. The van der Waals surface area contributed by atoms with Crippen LogP contribution in [0.1, 0.15) is 57.1 Å². The summed E-state index contributed by atoms with van der Waals surface area (Å²) in [5.74, 6) is 1.80. The Bertz CT molecular complexity index is 1600. The molecule has 0 saturated carbocycles. The van der Waals surface area contributed by atoms with Crippen LogP contribution < -0.4 is 34.3 Å². The Morgan fingerprint density at radius 3 is 1.23 bits per heavy atom. The van der Waals surface area contributed by atoms with E-state index in [0.717, 1.165) is 17.9 Å². The number of unbranched alkanes of at least 4 members (excludes halogenated alkanes) is 2. The molecule has 2 nitrogen and oxygen atoms in total. The number of halogens is 2. The molecule has 0 heterocycles. The van der Waals surface area contributed by atoms with Crippen molar-refractivity contribution >= 4 is 21.5 Å². The van der Waals surface area contributed by atoms with E-state index in [0.29, 0.717) is 0 Å². The van der Waals surface area contributed by atoms with Crippen LogP contribution in [0.2, 0.25) is 0 Å². The minimum atomic E-state index is 0. The number of benzene rings is 4. The fraction of sp³-hybridized carbons (Fsp3) is 0.256. The summed E-state index contributed by atoms with van der Waals surface area (Å²) in [6.45, 7) is 11.2. The Balaban J connectivity index is 0.000000420. The first-order valence-corrected chi connectivity index (χ1v) is 16.3. The van der Waals surface area contributed by atoms with E-state index < -0.39 is 0 Å². The van der Waals surface area contributed by atoms with Gasteiger partial charge in [0.2, 0.25) is 0 Å². The smallest absolute Gasteiger partial charge is 0.118 e. The van der Waals surface area contributed by atoms with E-state index in [1.54, 1.807) is 14.2 Å². The normalized spacial score (nSPS) is 9.96. The molecule has 256 valence electrons. The summed E-state index contributed by atoms with van der Waals surface area (Å²) < 4.78 is 10.5. The van der Waals surface area contributed by atoms with Crippen molar-refractivity contribution < 1.29 is 60.1 Å². The van der Waals surface area contributed by atoms with Gasteiger partial charge in [0, 0.05) is 25.8 Å². The van der Waals surface area contributed by atoms with Crippen molar-refractivity contribution in [3.63, 3.8) is 0 Å². The molecule has 0 unspecified atom stereocenters. The number of fused-ring (bicyclic) bond motifs is 2. The van der Waals surface area contributed by atoms with Crippen LogP contribution >= 0.6 is 0 Å². The fourth-order valence-electron chi connectivity index (χ4n) is 5.69. The quantitative estimate of drug-likeness (QED) is 0.121. The molecular weight excluding hydrogens is 798 g/mol. The Hall–Kier alpha value is -2.85. The maximum Gasteiger partial charge on any atom is 0.118 e. The fourth-order valence-corrected chi connectivity index (χ4v) is 5.69. The molecule has 0 aromatic heterocycles. The monoisotopic (exact) mass is 846 g/mol. The molecule has 0 spiro atoms. The third-order valence-corrected chi connectivity index (χ3v) is 8.06. The minimum Gasteiger partial charge on any atom is -1.00 e. The average molecular weight is 846 g/mol. The van der Waals surface area contributed by atoms with Crippen LogP contribution in [0.5, 0.6) is 11.5 Å². The molecular formula is C43H48Cl2HfO2-6. The SMILES string of the molecule is CCCCc1cc2c(-c3ccc(OC)cc3)cccc2[cH-]1.CCCCc1cc2c(-c3ccc(OC)cc3)cccc2[cH-]1.[CH2-]C[CH2-].[Cl-].[Cl-].[Hf]. The van der Waals surface area contributed by atoms with E-state index >= 15 is 0 Å². The van der Waals surface area contributed by atoms with E-state index in [1.165, 1.54) is 93.5 Å². The molecule has 0 fully saturated rings. The van der Waals surface area contributed by atoms with Crippen LogP contribution in [0.25, 0.3) is 43.8 Å². The molecule has 0 bridgehead atoms. The second kappa shape index (κ2) is 22.7. The maximum absolute atomic E-state index is 5.24. The molecule has 5 heteroatoms. The number of rotatable bonds is 10. The number of hydrogen-bond donors (Lipinski definition) is 0. The van der Waals surface area contributed by atoms with Crippen molar-refractivity contribution in [1.29, 1.82) is 0 Å². The molecule has 6 aromatic rings. The van der Waals surface area contributed by atoms with E-state index in [2.05, 4.69) is 113 Å². The van der Waals surface area contributed by atoms with Gasteiger partial charge in [0.15, 0.2) is 0 Å². The van der Waals surface area contributed by atoms with Gasteiger partial charge in [0.05, 0.1) is 14.2 Å². The Morgan fingerprint density at radius 1 is 0.562 bits per heavy atom. The van der Waals surface area contributed by atoms with Crippen LogP contribution in [0.4, 0.5) is 0 Å². The van der Waals surface area contributed by atoms with Crippen LogP contribution in [0.3, 0.4) is 0 Å². The van der Waals surface area contributed by atoms with Crippen molar-refractivity contribution in [2.24, 2.45) is 0 Å². The van der Waals surface area contributed by atoms with E-state index in [9.17, 15) is 0 Å². The molecule has 0 N–H and O–H groups in total. The van der Waals surface area contributed by atoms with Gasteiger partial charge in [-0.2, -0.15) is 12.1 Å². The third-order valence-electron chi connectivity index (χ3n) is 8.06. The number of ether oxygens (including phenoxy) is 2. The predicted molar refractivity (Wildman–Crippen MR) is 196 cm³/mol. The van der Waals surface area contributed by atoms with Crippen molar-refractivity contribution in [3.05, 3.63) is 134 Å². The Labute approximate surface area is 320 Å². The van der Waals surface area contributed by atoms with Gasteiger partial charge in [-0.3, -0.25) is 0 Å². The average Bonchev–Trinajstić information content (AvgIpc) is 3.71. The van der Waals surface area contributed by atoms with E-state index in [4.69, 9.17) is 9.47 Å². The van der Waals surface area contributed by atoms with Crippen molar-refractivity contribution in [2.45, 2.75) is 58.8 Å². The summed E-state index contributed by atoms with van der Waals surface area (Å²) in [6, 6.07) is 39.1. The molecule has 0 atom stereocenters. The molecule has 0 aliphatic carbocycles. The number of aryl methyl sites for hydroxylation is 2. The number of hydrogen-bond acceptors (Lipinski definition) is 2. The van der Waals surface area contributed by atoms with Gasteiger partial charge in [0.25, 0.3) is 0 Å². The molecule has 0 radical (unpaired) electrons. The summed E-state index contributed by atoms with van der Waals surface area (Å²) in [5.41, 5.74) is 8.00. The van der Waals surface area contributed by atoms with Crippen LogP contribution in [-0.2, 0) is 38.7 Å². The van der Waals surface area contributed by atoms with Crippen molar-refractivity contribution in [1.82, 2.24) is 0 Å². The zero-order valence-electron chi connectivity index (χ0n) is 28.8. The van der Waals surface area contributed by atoms with Gasteiger partial charge < -0.3 is 54.6 Å². The molecule has 0 aliphatic heterocycles. The minimum absolute atomic E-state index is 0. The summed E-state index contributed by atoms with van der Waals surface area (Å²) in [5, 5.41) is 5.39. The predicted octanol–water partition coefficient (Wildman–Crippen LogP) is 6.20. The second-order valence-corrected chi connectivity index (χ2v) is 11.4. The van der Waals surface area contributed by atoms with Crippen molar-refractivity contribution in [3.8, 4) is 33.8 Å². The van der Waals surface area contributed by atoms with Gasteiger partial charge in [-0.25, -0.2) is 0 Å². The zero-order chi connectivity index (χ0) is 32.0. The van der Waals surface area contributed by atoms with E-state index in [-0.39, 0.29) is 50.7 Å². The molecule has 6 rings (SSSR count). The first-order chi connectivity index (χ1) is 22.0. The van der Waals surface area contributed by atoms with Crippen LogP contribution in [-0.4, -0.2) is 14.2 Å². The molecule has 48 heavy (non-hydrogen) atoms. The molecule has 0 saturated heterocycles. The first kappa shape index (κ1) is 43.2. The Kier molecular flexibility index (Phi) is 20.4. The standard InChI is InChI=1S/2C20H21O.C3H6.2ClH.Hf/c2*1-3-4-6-15-13-17-7-5-8-19(20(17)14-15)16-9-11-18(21-2)12-10-16;1-3-2;;;/h2*5,7-14H,3-4,6H2,1-2H3;1-3H2;2*1H;/q2*-1;-2;;;/p-2. The maximum atomic E-state index is 5.24. The second-order valence-electron chi connectivity index (χ2n) is 11.4. The largest absolute Gasteiger partial charge is 1.00 e. The molecule has 0 aliphatic rings. The van der Waals surface area contributed by atoms with Gasteiger partial charge in [-0.05, 0) is 48.2 Å². The first-order valence-electron chi connectivity index (χ1n) is 16.3. The topological polar surface area (TPSA) is 18.5 Å². The summed E-state index contributed by atoms with van der Waals surface area (Å²) in [7, 11) is 3.40. The summed E-state index contributed by atoms with van der Waals surface area (Å²) in [4.78, 5) is 0. The van der Waals surface area contributed by atoms with Gasteiger partial charge in [-0.1, -0.05) is 87.1 Å². The summed E-state index contributed by atoms with van der Waals surface area (Å²) in [6.07, 6.45) is 8.10. The van der Waals surface area contributed by atoms with Gasteiger partial charge in [0.1, 0.15) is 11.5 Å². The van der Waals surface area contributed by atoms with Crippen molar-refractivity contribution in [2.75, 3.05) is 14.2 Å². The van der Waals surface area contributed by atoms with Gasteiger partial charge >= 0.3 is 0 Å². The van der Waals surface area contributed by atoms with Crippen LogP contribution in [0.15, 0.2) is 109 Å².